The Morgan fingerprint density at radius 2 is 2.45 bits per heavy atom. The number of carbonyl (C=O) groups is 1. The van der Waals surface area contributed by atoms with Gasteiger partial charge in [-0.1, -0.05) is 6.58 Å². The van der Waals surface area contributed by atoms with E-state index in [4.69, 9.17) is 4.74 Å². The molecule has 1 aromatic heterocycles. The smallest absolute Gasteiger partial charge is 0.243 e. The average Bonchev–Trinajstić information content (AvgIpc) is 2.88. The molecule has 0 unspecified atom stereocenters. The molecule has 2 heterocycles. The van der Waals surface area contributed by atoms with Gasteiger partial charge in [-0.2, -0.15) is 0 Å². The van der Waals surface area contributed by atoms with E-state index >= 15 is 0 Å². The molecule has 0 radical (unpaired) electrons. The highest BCUT2D eigenvalue weighted by atomic mass is 16.5. The molecule has 2 rings (SSSR count). The zero-order valence-electron chi connectivity index (χ0n) is 11.9. The van der Waals surface area contributed by atoms with Crippen molar-refractivity contribution in [3.8, 4) is 0 Å². The van der Waals surface area contributed by atoms with E-state index in [9.17, 15) is 4.79 Å². The van der Waals surface area contributed by atoms with Crippen LogP contribution in [0, 0.1) is 6.92 Å². The maximum Gasteiger partial charge on any atom is 0.243 e. The third-order valence-corrected chi connectivity index (χ3v) is 3.49. The number of ether oxygens (including phenoxy) is 1. The summed E-state index contributed by atoms with van der Waals surface area (Å²) < 4.78 is 5.44. The molecule has 1 aliphatic rings. The van der Waals surface area contributed by atoms with Crippen LogP contribution in [0.2, 0.25) is 0 Å². The van der Waals surface area contributed by atoms with Crippen molar-refractivity contribution in [1.29, 1.82) is 0 Å². The van der Waals surface area contributed by atoms with Crippen LogP contribution in [-0.2, 0) is 9.53 Å². The van der Waals surface area contributed by atoms with E-state index in [2.05, 4.69) is 26.8 Å². The molecule has 0 aliphatic carbocycles. The Morgan fingerprint density at radius 3 is 3.10 bits per heavy atom. The van der Waals surface area contributed by atoms with Gasteiger partial charge >= 0.3 is 0 Å². The number of amides is 1. The fourth-order valence-electron chi connectivity index (χ4n) is 2.41. The monoisotopic (exact) mass is 276 g/mol. The maximum atomic E-state index is 11.3. The van der Waals surface area contributed by atoms with E-state index in [0.717, 1.165) is 24.5 Å². The highest BCUT2D eigenvalue weighted by molar-refractivity contribution is 5.86. The van der Waals surface area contributed by atoms with Gasteiger partial charge in [-0.3, -0.25) is 4.79 Å². The van der Waals surface area contributed by atoms with E-state index in [1.165, 1.54) is 6.08 Å². The van der Waals surface area contributed by atoms with Crippen molar-refractivity contribution in [3.63, 3.8) is 0 Å². The lowest BCUT2D eigenvalue weighted by molar-refractivity contribution is -0.116. The van der Waals surface area contributed by atoms with Crippen LogP contribution in [0.3, 0.4) is 0 Å². The molecule has 1 fully saturated rings. The van der Waals surface area contributed by atoms with Crippen molar-refractivity contribution in [2.45, 2.75) is 25.5 Å². The molecule has 108 valence electrons. The lowest BCUT2D eigenvalue weighted by Crippen LogP contribution is -2.40. The van der Waals surface area contributed by atoms with Crippen molar-refractivity contribution in [3.05, 3.63) is 30.7 Å². The van der Waals surface area contributed by atoms with Crippen LogP contribution in [-0.4, -0.2) is 48.2 Å². The zero-order chi connectivity index (χ0) is 14.5. The molecule has 0 saturated carbocycles. The number of carbonyl (C=O) groups excluding carboxylic acids is 1. The predicted octanol–water partition coefficient (Wildman–Crippen LogP) is 0.681. The zero-order valence-corrected chi connectivity index (χ0v) is 11.9. The SMILES string of the molecule is C=CC(=O)NC[C@H]1C[C@@H](OC)CN1c1cc(C)ncn1. The summed E-state index contributed by atoms with van der Waals surface area (Å²) in [6, 6.07) is 2.11. The molecule has 0 bridgehead atoms. The maximum absolute atomic E-state index is 11.3. The van der Waals surface area contributed by atoms with Crippen LogP contribution < -0.4 is 10.2 Å². The minimum atomic E-state index is -0.162. The van der Waals surface area contributed by atoms with Gasteiger partial charge in [-0.15, -0.1) is 0 Å². The summed E-state index contributed by atoms with van der Waals surface area (Å²) in [6.45, 7) is 6.70. The number of aryl methyl sites for hydroxylation is 1. The average molecular weight is 276 g/mol. The van der Waals surface area contributed by atoms with Gasteiger partial charge in [-0.25, -0.2) is 9.97 Å². The number of methoxy groups -OCH3 is 1. The summed E-state index contributed by atoms with van der Waals surface area (Å²) in [7, 11) is 1.71. The second-order valence-corrected chi connectivity index (χ2v) is 4.87. The summed E-state index contributed by atoms with van der Waals surface area (Å²) in [5.41, 5.74) is 0.921. The van der Waals surface area contributed by atoms with Gasteiger partial charge in [0.25, 0.3) is 0 Å². The number of nitrogens with one attached hydrogen (secondary N) is 1. The molecular formula is C14H20N4O2. The molecule has 0 aromatic carbocycles. The van der Waals surface area contributed by atoms with Crippen LogP contribution in [0.1, 0.15) is 12.1 Å². The van der Waals surface area contributed by atoms with Crippen molar-refractivity contribution in [2.75, 3.05) is 25.1 Å². The van der Waals surface area contributed by atoms with Gasteiger partial charge in [0.15, 0.2) is 0 Å². The van der Waals surface area contributed by atoms with Crippen molar-refractivity contribution < 1.29 is 9.53 Å². The fourth-order valence-corrected chi connectivity index (χ4v) is 2.41. The first-order valence-electron chi connectivity index (χ1n) is 6.62. The normalized spacial score (nSPS) is 21.8. The molecule has 1 saturated heterocycles. The predicted molar refractivity (Wildman–Crippen MR) is 76.5 cm³/mol. The Morgan fingerprint density at radius 1 is 1.65 bits per heavy atom. The quantitative estimate of drug-likeness (QED) is 0.801. The van der Waals surface area contributed by atoms with Crippen LogP contribution in [0.4, 0.5) is 5.82 Å². The third-order valence-electron chi connectivity index (χ3n) is 3.49. The Hall–Kier alpha value is -1.95. The molecule has 1 N–H and O–H groups in total. The molecule has 6 heteroatoms. The highest BCUT2D eigenvalue weighted by Gasteiger charge is 2.33. The van der Waals surface area contributed by atoms with E-state index in [1.807, 2.05) is 13.0 Å². The summed E-state index contributed by atoms with van der Waals surface area (Å²) in [6.07, 6.45) is 3.85. The minimum absolute atomic E-state index is 0.149. The summed E-state index contributed by atoms with van der Waals surface area (Å²) >= 11 is 0. The van der Waals surface area contributed by atoms with E-state index in [-0.39, 0.29) is 18.1 Å². The number of hydrogen-bond acceptors (Lipinski definition) is 5. The standard InChI is InChI=1S/C14H20N4O2/c1-4-14(19)15-7-11-6-12(20-3)8-18(11)13-5-10(2)16-9-17-13/h4-5,9,11-12H,1,6-8H2,2-3H3,(H,15,19)/t11-,12-/m1/s1. The second-order valence-electron chi connectivity index (χ2n) is 4.87. The minimum Gasteiger partial charge on any atom is -0.380 e. The Balaban J connectivity index is 2.11. The van der Waals surface area contributed by atoms with Crippen LogP contribution in [0.15, 0.2) is 25.0 Å². The molecule has 1 aliphatic heterocycles. The third kappa shape index (κ3) is 3.33. The first-order chi connectivity index (χ1) is 9.63. The van der Waals surface area contributed by atoms with Gasteiger partial charge in [0, 0.05) is 32.0 Å². The fraction of sp³-hybridized carbons (Fsp3) is 0.500. The van der Waals surface area contributed by atoms with Crippen molar-refractivity contribution in [1.82, 2.24) is 15.3 Å². The Labute approximate surface area is 118 Å². The molecule has 1 aromatic rings. The van der Waals surface area contributed by atoms with Gasteiger partial charge in [0.2, 0.25) is 5.91 Å². The first kappa shape index (κ1) is 14.5. The first-order valence-corrected chi connectivity index (χ1v) is 6.62. The lowest BCUT2D eigenvalue weighted by atomic mass is 10.2. The van der Waals surface area contributed by atoms with Crippen LogP contribution >= 0.6 is 0 Å². The molecular weight excluding hydrogens is 256 g/mol. The Kier molecular flexibility index (Phi) is 4.68. The van der Waals surface area contributed by atoms with E-state index in [0.29, 0.717) is 6.54 Å². The van der Waals surface area contributed by atoms with Gasteiger partial charge in [0.1, 0.15) is 12.1 Å². The number of hydrogen-bond donors (Lipinski definition) is 1. The number of aromatic nitrogens is 2. The summed E-state index contributed by atoms with van der Waals surface area (Å²) in [4.78, 5) is 21.9. The topological polar surface area (TPSA) is 67.3 Å². The molecule has 6 nitrogen and oxygen atoms in total. The molecule has 1 amide bonds. The van der Waals surface area contributed by atoms with Gasteiger partial charge in [0.05, 0.1) is 12.1 Å². The van der Waals surface area contributed by atoms with E-state index < -0.39 is 0 Å². The van der Waals surface area contributed by atoms with Gasteiger partial charge < -0.3 is 15.0 Å². The van der Waals surface area contributed by atoms with E-state index in [1.54, 1.807) is 13.4 Å². The lowest BCUT2D eigenvalue weighted by Gasteiger charge is -2.25. The molecule has 20 heavy (non-hydrogen) atoms. The Bertz CT molecular complexity index is 492. The number of nitrogens with zero attached hydrogens (tertiary/aromatic N) is 3. The number of rotatable bonds is 5. The van der Waals surface area contributed by atoms with Gasteiger partial charge in [-0.05, 0) is 19.4 Å². The van der Waals surface area contributed by atoms with Crippen LogP contribution in [0.25, 0.3) is 0 Å². The summed E-state index contributed by atoms with van der Waals surface area (Å²) in [5.74, 6) is 0.708. The second kappa shape index (κ2) is 6.47. The largest absolute Gasteiger partial charge is 0.380 e. The number of anilines is 1. The van der Waals surface area contributed by atoms with Crippen LogP contribution in [0.5, 0.6) is 0 Å². The highest BCUT2D eigenvalue weighted by Crippen LogP contribution is 2.25. The van der Waals surface area contributed by atoms with Crippen molar-refractivity contribution in [2.24, 2.45) is 0 Å². The molecule has 2 atom stereocenters. The van der Waals surface area contributed by atoms with Crippen molar-refractivity contribution >= 4 is 11.7 Å². The summed E-state index contributed by atoms with van der Waals surface area (Å²) in [5, 5.41) is 2.84. The molecule has 0 spiro atoms.